The van der Waals surface area contributed by atoms with Crippen molar-refractivity contribution < 1.29 is 13.7 Å². The molecule has 0 aliphatic rings. The first kappa shape index (κ1) is 19.2. The Balaban J connectivity index is 2.35. The lowest BCUT2D eigenvalue weighted by Crippen LogP contribution is -2.23. The molecule has 1 unspecified atom stereocenters. The third-order valence-electron chi connectivity index (χ3n) is 3.52. The molecule has 0 aliphatic carbocycles. The molecule has 2 aromatic carbocycles. The number of benzene rings is 2. The summed E-state index contributed by atoms with van der Waals surface area (Å²) in [5.74, 6) is 0.263. The van der Waals surface area contributed by atoms with E-state index in [1.54, 1.807) is 32.9 Å². The van der Waals surface area contributed by atoms with Gasteiger partial charge in [-0.25, -0.2) is 9.00 Å². The van der Waals surface area contributed by atoms with Crippen LogP contribution in [0.1, 0.15) is 31.9 Å². The average Bonchev–Trinajstić information content (AvgIpc) is 2.52. The predicted octanol–water partition coefficient (Wildman–Crippen LogP) is 5.00. The van der Waals surface area contributed by atoms with E-state index in [-0.39, 0.29) is 5.75 Å². The molecule has 0 radical (unpaired) electrons. The van der Waals surface area contributed by atoms with Crippen molar-refractivity contribution in [1.82, 2.24) is 0 Å². The number of hydrogen-bond acceptors (Lipinski definition) is 3. The summed E-state index contributed by atoms with van der Waals surface area (Å²) in [6.45, 7) is 7.24. The fraction of sp³-hybridized carbons (Fsp3) is 0.350. The maximum atomic E-state index is 13.5. The van der Waals surface area contributed by atoms with E-state index in [9.17, 15) is 9.00 Å². The van der Waals surface area contributed by atoms with Gasteiger partial charge in [-0.1, -0.05) is 48.0 Å². The van der Waals surface area contributed by atoms with Gasteiger partial charge in [0.2, 0.25) is 0 Å². The van der Waals surface area contributed by atoms with Crippen molar-refractivity contribution in [2.75, 3.05) is 5.75 Å². The predicted molar refractivity (Wildman–Crippen MR) is 101 cm³/mol. The highest BCUT2D eigenvalue weighted by Crippen LogP contribution is 2.19. The molecule has 0 saturated carbocycles. The molecule has 2 aromatic rings. The van der Waals surface area contributed by atoms with Crippen LogP contribution in [0.2, 0.25) is 0 Å². The van der Waals surface area contributed by atoms with Crippen molar-refractivity contribution in [3.8, 4) is 0 Å². The Morgan fingerprint density at radius 1 is 1.04 bits per heavy atom. The highest BCUT2D eigenvalue weighted by atomic mass is 32.2. The monoisotopic (exact) mass is 359 g/mol. The van der Waals surface area contributed by atoms with Gasteiger partial charge in [-0.05, 0) is 51.8 Å². The lowest BCUT2D eigenvalue weighted by molar-refractivity contribution is 0.0607. The number of nitrogens with zero attached hydrogens (tertiary/aromatic N) is 1. The highest BCUT2D eigenvalue weighted by molar-refractivity contribution is 7.94. The third-order valence-corrected chi connectivity index (χ3v) is 5.73. The topological polar surface area (TPSA) is 55.7 Å². The lowest BCUT2D eigenvalue weighted by Gasteiger charge is -2.18. The van der Waals surface area contributed by atoms with E-state index in [2.05, 4.69) is 4.36 Å². The fourth-order valence-electron chi connectivity index (χ4n) is 2.27. The van der Waals surface area contributed by atoms with E-state index in [1.165, 1.54) is 0 Å². The van der Waals surface area contributed by atoms with Crippen LogP contribution in [0.3, 0.4) is 0 Å². The summed E-state index contributed by atoms with van der Waals surface area (Å²) < 4.78 is 22.7. The van der Waals surface area contributed by atoms with Gasteiger partial charge in [-0.3, -0.25) is 0 Å². The van der Waals surface area contributed by atoms with Gasteiger partial charge in [-0.2, -0.15) is 0 Å². The van der Waals surface area contributed by atoms with Crippen molar-refractivity contribution in [2.24, 2.45) is 4.36 Å². The van der Waals surface area contributed by atoms with Gasteiger partial charge in [0.15, 0.2) is 0 Å². The van der Waals surface area contributed by atoms with E-state index >= 15 is 0 Å². The van der Waals surface area contributed by atoms with Gasteiger partial charge in [0, 0.05) is 10.6 Å². The average molecular weight is 359 g/mol. The summed E-state index contributed by atoms with van der Waals surface area (Å²) in [5.41, 5.74) is 1.45. The molecule has 0 aliphatic heterocycles. The van der Waals surface area contributed by atoms with Crippen LogP contribution in [0.5, 0.6) is 0 Å². The van der Waals surface area contributed by atoms with Crippen molar-refractivity contribution in [1.29, 1.82) is 0 Å². The number of ether oxygens (including phenoxy) is 1. The second kappa shape index (κ2) is 7.83. The zero-order chi connectivity index (χ0) is 18.5. The number of carbonyl (C=O) groups excluding carboxylic acids is 1. The first-order valence-electron chi connectivity index (χ1n) is 8.26. The quantitative estimate of drug-likeness (QED) is 0.772. The molecular formula is C20H25NO3S. The smallest absolute Gasteiger partial charge is 0.442 e. The van der Waals surface area contributed by atoms with Gasteiger partial charge in [0.1, 0.15) is 5.60 Å². The van der Waals surface area contributed by atoms with Crippen molar-refractivity contribution in [2.45, 2.75) is 44.6 Å². The maximum absolute atomic E-state index is 13.5. The largest absolute Gasteiger partial charge is 0.442 e. The van der Waals surface area contributed by atoms with Crippen LogP contribution in [-0.2, 0) is 20.9 Å². The van der Waals surface area contributed by atoms with E-state index < -0.39 is 21.4 Å². The van der Waals surface area contributed by atoms with Crippen LogP contribution < -0.4 is 0 Å². The molecule has 0 spiro atoms. The maximum Gasteiger partial charge on any atom is 0.442 e. The number of carbonyl (C=O) groups is 1. The van der Waals surface area contributed by atoms with E-state index in [4.69, 9.17) is 4.74 Å². The summed E-state index contributed by atoms with van der Waals surface area (Å²) in [7, 11) is -2.90. The SMILES string of the molecule is Cc1ccc(S(=O)(CCc2ccccc2)=NC(=O)OC(C)(C)C)cc1. The van der Waals surface area contributed by atoms with Gasteiger partial charge in [-0.15, -0.1) is 4.36 Å². The Morgan fingerprint density at radius 2 is 1.64 bits per heavy atom. The Hall–Kier alpha value is -2.14. The Morgan fingerprint density at radius 3 is 2.20 bits per heavy atom. The summed E-state index contributed by atoms with van der Waals surface area (Å²) in [6, 6.07) is 17.1. The van der Waals surface area contributed by atoms with Crippen LogP contribution in [0.25, 0.3) is 0 Å². The standard InChI is InChI=1S/C20H25NO3S/c1-16-10-12-18(13-11-16)25(23,21-19(22)24-20(2,3)4)15-14-17-8-6-5-7-9-17/h5-13H,14-15H2,1-4H3. The Bertz CT molecular complexity index is 827. The summed E-state index contributed by atoms with van der Waals surface area (Å²) in [4.78, 5) is 12.7. The van der Waals surface area contributed by atoms with Gasteiger partial charge in [0.25, 0.3) is 0 Å². The number of hydrogen-bond donors (Lipinski definition) is 0. The minimum Gasteiger partial charge on any atom is -0.442 e. The first-order valence-corrected chi connectivity index (χ1v) is 9.95. The molecule has 0 heterocycles. The van der Waals surface area contributed by atoms with Gasteiger partial charge >= 0.3 is 6.09 Å². The zero-order valence-corrected chi connectivity index (χ0v) is 16.0. The van der Waals surface area contributed by atoms with E-state index in [0.717, 1.165) is 11.1 Å². The molecule has 0 bridgehead atoms. The van der Waals surface area contributed by atoms with Crippen molar-refractivity contribution in [3.63, 3.8) is 0 Å². The molecule has 25 heavy (non-hydrogen) atoms. The number of amides is 1. The van der Waals surface area contributed by atoms with Gasteiger partial charge < -0.3 is 4.74 Å². The second-order valence-electron chi connectivity index (χ2n) is 6.96. The molecule has 0 N–H and O–H groups in total. The normalized spacial score (nSPS) is 13.8. The molecule has 1 amide bonds. The van der Waals surface area contributed by atoms with Crippen LogP contribution >= 0.6 is 0 Å². The lowest BCUT2D eigenvalue weighted by atomic mass is 10.2. The molecule has 2 rings (SSSR count). The minimum absolute atomic E-state index is 0.263. The van der Waals surface area contributed by atoms with Crippen LogP contribution in [0.4, 0.5) is 4.79 Å². The summed E-state index contributed by atoms with van der Waals surface area (Å²) in [5, 5.41) is 0. The van der Waals surface area contributed by atoms with Crippen LogP contribution in [0, 0.1) is 6.92 Å². The Kier molecular flexibility index (Phi) is 6.01. The number of rotatable bonds is 4. The van der Waals surface area contributed by atoms with Gasteiger partial charge in [0.05, 0.1) is 9.73 Å². The molecule has 0 fully saturated rings. The molecule has 134 valence electrons. The minimum atomic E-state index is -2.90. The van der Waals surface area contributed by atoms with Crippen LogP contribution in [0.15, 0.2) is 63.9 Å². The molecule has 0 saturated heterocycles. The fourth-order valence-corrected chi connectivity index (χ4v) is 4.05. The molecule has 5 heteroatoms. The third kappa shape index (κ3) is 6.02. The van der Waals surface area contributed by atoms with E-state index in [0.29, 0.717) is 11.3 Å². The molecule has 1 atom stereocenters. The molecule has 0 aromatic heterocycles. The molecule has 4 nitrogen and oxygen atoms in total. The molecular weight excluding hydrogens is 334 g/mol. The van der Waals surface area contributed by atoms with Crippen LogP contribution in [-0.4, -0.2) is 21.7 Å². The van der Waals surface area contributed by atoms with Crippen molar-refractivity contribution in [3.05, 3.63) is 65.7 Å². The second-order valence-corrected chi connectivity index (χ2v) is 9.31. The Labute approximate surface area is 150 Å². The van der Waals surface area contributed by atoms with Crippen molar-refractivity contribution >= 4 is 15.8 Å². The first-order chi connectivity index (χ1) is 11.7. The highest BCUT2D eigenvalue weighted by Gasteiger charge is 2.20. The number of aryl methyl sites for hydroxylation is 2. The van der Waals surface area contributed by atoms with E-state index in [1.807, 2.05) is 49.4 Å². The zero-order valence-electron chi connectivity index (χ0n) is 15.2. The summed E-state index contributed by atoms with van der Waals surface area (Å²) in [6.07, 6.45) is -0.217. The summed E-state index contributed by atoms with van der Waals surface area (Å²) >= 11 is 0.